The molecule has 0 saturated heterocycles. The number of hydrogen-bond acceptors (Lipinski definition) is 6. The van der Waals surface area contributed by atoms with Gasteiger partial charge in [-0.3, -0.25) is 4.79 Å². The van der Waals surface area contributed by atoms with E-state index in [1.165, 1.54) is 6.07 Å². The number of amides is 1. The second kappa shape index (κ2) is 9.17. The van der Waals surface area contributed by atoms with Crippen molar-refractivity contribution in [2.45, 2.75) is 78.6 Å². The van der Waals surface area contributed by atoms with Gasteiger partial charge in [0, 0.05) is 6.04 Å². The molecule has 0 spiro atoms. The molecule has 2 atom stereocenters. The summed E-state index contributed by atoms with van der Waals surface area (Å²) < 4.78 is 10.8. The van der Waals surface area contributed by atoms with E-state index in [-0.39, 0.29) is 23.4 Å². The van der Waals surface area contributed by atoms with Crippen LogP contribution in [0.15, 0.2) is 18.2 Å². The fourth-order valence-corrected chi connectivity index (χ4v) is 2.61. The van der Waals surface area contributed by atoms with Crippen molar-refractivity contribution >= 4 is 17.7 Å². The molecule has 28 heavy (non-hydrogen) atoms. The zero-order chi connectivity index (χ0) is 21.7. The van der Waals surface area contributed by atoms with Gasteiger partial charge in [0.1, 0.15) is 17.0 Å². The summed E-state index contributed by atoms with van der Waals surface area (Å²) in [6, 6.07) is 4.51. The van der Waals surface area contributed by atoms with Crippen molar-refractivity contribution < 1.29 is 24.2 Å². The first kappa shape index (κ1) is 23.6. The number of phenols is 1. The molecule has 7 nitrogen and oxygen atoms in total. The van der Waals surface area contributed by atoms with Crippen LogP contribution in [0.2, 0.25) is 0 Å². The van der Waals surface area contributed by atoms with Crippen molar-refractivity contribution in [1.82, 2.24) is 5.32 Å². The van der Waals surface area contributed by atoms with Crippen molar-refractivity contribution in [3.8, 4) is 5.75 Å². The second-order valence-electron chi connectivity index (χ2n) is 9.11. The lowest BCUT2D eigenvalue weighted by atomic mass is 9.95. The Balaban J connectivity index is 2.91. The summed E-state index contributed by atoms with van der Waals surface area (Å²) >= 11 is 0. The number of carbonyl (C=O) groups is 2. The zero-order valence-electron chi connectivity index (χ0n) is 18.0. The first-order valence-corrected chi connectivity index (χ1v) is 9.46. The highest BCUT2D eigenvalue weighted by Crippen LogP contribution is 2.23. The highest BCUT2D eigenvalue weighted by Gasteiger charge is 2.27. The molecule has 158 valence electrons. The van der Waals surface area contributed by atoms with E-state index in [0.29, 0.717) is 12.8 Å². The first-order valence-electron chi connectivity index (χ1n) is 9.46. The van der Waals surface area contributed by atoms with Gasteiger partial charge in [-0.15, -0.1) is 0 Å². The first-order chi connectivity index (χ1) is 12.7. The van der Waals surface area contributed by atoms with E-state index in [4.69, 9.17) is 15.2 Å². The van der Waals surface area contributed by atoms with Crippen LogP contribution in [0, 0.1) is 5.92 Å². The van der Waals surface area contributed by atoms with Crippen LogP contribution in [0.1, 0.15) is 60.5 Å². The molecule has 0 radical (unpaired) electrons. The van der Waals surface area contributed by atoms with Crippen LogP contribution in [-0.2, 0) is 20.7 Å². The van der Waals surface area contributed by atoms with Crippen molar-refractivity contribution in [2.24, 2.45) is 5.92 Å². The molecule has 1 aromatic rings. The highest BCUT2D eigenvalue weighted by atomic mass is 16.6. The summed E-state index contributed by atoms with van der Waals surface area (Å²) in [5.41, 5.74) is 5.64. The van der Waals surface area contributed by atoms with E-state index in [1.54, 1.807) is 39.8 Å². The maximum atomic E-state index is 12.3. The van der Waals surface area contributed by atoms with E-state index in [0.717, 1.165) is 5.56 Å². The van der Waals surface area contributed by atoms with Gasteiger partial charge in [0.05, 0.1) is 11.6 Å². The lowest BCUT2D eigenvalue weighted by Gasteiger charge is -2.27. The van der Waals surface area contributed by atoms with Gasteiger partial charge in [0.25, 0.3) is 0 Å². The molecule has 0 unspecified atom stereocenters. The van der Waals surface area contributed by atoms with Crippen molar-refractivity contribution in [1.29, 1.82) is 0 Å². The molecule has 0 aromatic heterocycles. The maximum Gasteiger partial charge on any atom is 0.407 e. The van der Waals surface area contributed by atoms with E-state index in [1.807, 2.05) is 20.8 Å². The molecule has 1 amide bonds. The van der Waals surface area contributed by atoms with Crippen molar-refractivity contribution in [2.75, 3.05) is 5.73 Å². The van der Waals surface area contributed by atoms with Crippen LogP contribution < -0.4 is 11.1 Å². The Bertz CT molecular complexity index is 689. The fraction of sp³-hybridized carbons (Fsp3) is 0.619. The number of benzene rings is 1. The number of aromatic hydroxyl groups is 1. The summed E-state index contributed by atoms with van der Waals surface area (Å²) in [6.07, 6.45) is 0.242. The zero-order valence-corrected chi connectivity index (χ0v) is 18.0. The number of rotatable bonds is 6. The molecule has 0 heterocycles. The lowest BCUT2D eigenvalue weighted by molar-refractivity contribution is -0.159. The van der Waals surface area contributed by atoms with Gasteiger partial charge >= 0.3 is 12.1 Å². The van der Waals surface area contributed by atoms with E-state index < -0.39 is 23.2 Å². The molecule has 0 aliphatic carbocycles. The van der Waals surface area contributed by atoms with Gasteiger partial charge in [-0.2, -0.15) is 0 Å². The van der Waals surface area contributed by atoms with Crippen molar-refractivity contribution in [3.63, 3.8) is 0 Å². The molecule has 0 aliphatic rings. The van der Waals surface area contributed by atoms with Gasteiger partial charge in [0.2, 0.25) is 0 Å². The van der Waals surface area contributed by atoms with Crippen LogP contribution in [0.3, 0.4) is 0 Å². The van der Waals surface area contributed by atoms with Gasteiger partial charge < -0.3 is 25.6 Å². The molecule has 1 rings (SSSR count). The Morgan fingerprint density at radius 2 is 1.68 bits per heavy atom. The van der Waals surface area contributed by atoms with E-state index in [9.17, 15) is 14.7 Å². The van der Waals surface area contributed by atoms with Crippen LogP contribution in [0.4, 0.5) is 10.5 Å². The second-order valence-corrected chi connectivity index (χ2v) is 9.11. The maximum absolute atomic E-state index is 12.3. The molecule has 0 aliphatic heterocycles. The summed E-state index contributed by atoms with van der Waals surface area (Å²) in [4.78, 5) is 24.6. The summed E-state index contributed by atoms with van der Waals surface area (Å²) in [5.74, 6) is -0.746. The molecule has 4 N–H and O–H groups in total. The average Bonchev–Trinajstić information content (AvgIpc) is 2.47. The van der Waals surface area contributed by atoms with E-state index >= 15 is 0 Å². The predicted octanol–water partition coefficient (Wildman–Crippen LogP) is 3.78. The normalized spacial score (nSPS) is 14.1. The molecule has 1 aromatic carbocycles. The number of anilines is 1. The Labute approximate surface area is 167 Å². The minimum absolute atomic E-state index is 0.00234. The van der Waals surface area contributed by atoms with E-state index in [2.05, 4.69) is 5.32 Å². The smallest absolute Gasteiger partial charge is 0.407 e. The summed E-state index contributed by atoms with van der Waals surface area (Å²) in [7, 11) is 0. The number of nitrogen functional groups attached to an aromatic ring is 1. The number of hydrogen-bond donors (Lipinski definition) is 3. The topological polar surface area (TPSA) is 111 Å². The van der Waals surface area contributed by atoms with Gasteiger partial charge in [-0.1, -0.05) is 13.0 Å². The lowest BCUT2D eigenvalue weighted by Crippen LogP contribution is -2.42. The Hall–Kier alpha value is -2.44. The summed E-state index contributed by atoms with van der Waals surface area (Å²) in [6.45, 7) is 12.6. The van der Waals surface area contributed by atoms with Gasteiger partial charge in [-0.05, 0) is 72.1 Å². The number of nitrogens with one attached hydrogen (secondary N) is 1. The molecule has 0 bridgehead atoms. The Morgan fingerprint density at radius 1 is 1.11 bits per heavy atom. The predicted molar refractivity (Wildman–Crippen MR) is 109 cm³/mol. The standard InChI is InChI=1S/C21H34N2O5/c1-13(18(25)27-20(2,3)4)10-15(23-19(26)28-21(5,6)7)11-14-8-9-17(24)16(22)12-14/h8-9,12-13,15,24H,10-11,22H2,1-7H3,(H,23,26)/t13-,15+/m0/s1. The number of esters is 1. The highest BCUT2D eigenvalue weighted by molar-refractivity contribution is 5.73. The number of phenolic OH excluding ortho intramolecular Hbond substituents is 1. The van der Waals surface area contributed by atoms with Crippen LogP contribution in [0.5, 0.6) is 5.75 Å². The third-order valence-corrected chi connectivity index (χ3v) is 3.74. The molecule has 0 fully saturated rings. The molecular weight excluding hydrogens is 360 g/mol. The monoisotopic (exact) mass is 394 g/mol. The van der Waals surface area contributed by atoms with Crippen LogP contribution >= 0.6 is 0 Å². The number of nitrogens with two attached hydrogens (primary N) is 1. The Morgan fingerprint density at radius 3 is 2.18 bits per heavy atom. The quantitative estimate of drug-likeness (QED) is 0.385. The minimum atomic E-state index is -0.631. The minimum Gasteiger partial charge on any atom is -0.506 e. The fourth-order valence-electron chi connectivity index (χ4n) is 2.61. The molecule has 0 saturated carbocycles. The number of ether oxygens (including phenoxy) is 2. The Kier molecular flexibility index (Phi) is 7.73. The summed E-state index contributed by atoms with van der Waals surface area (Å²) in [5, 5.41) is 12.4. The molecule has 7 heteroatoms. The number of alkyl carbamates (subject to hydrolysis) is 1. The average molecular weight is 395 g/mol. The third kappa shape index (κ3) is 8.97. The van der Waals surface area contributed by atoms with Crippen LogP contribution in [-0.4, -0.2) is 34.4 Å². The third-order valence-electron chi connectivity index (χ3n) is 3.74. The molecular formula is C21H34N2O5. The largest absolute Gasteiger partial charge is 0.506 e. The van der Waals surface area contributed by atoms with Crippen molar-refractivity contribution in [3.05, 3.63) is 23.8 Å². The van der Waals surface area contributed by atoms with Gasteiger partial charge in [0.15, 0.2) is 0 Å². The number of carbonyl (C=O) groups excluding carboxylic acids is 2. The SMILES string of the molecule is C[C@@H](C[C@H](Cc1ccc(O)c(N)c1)NC(=O)OC(C)(C)C)C(=O)OC(C)(C)C. The van der Waals surface area contributed by atoms with Crippen LogP contribution in [0.25, 0.3) is 0 Å². The van der Waals surface area contributed by atoms with Gasteiger partial charge in [-0.25, -0.2) is 4.79 Å².